The third kappa shape index (κ3) is 7.06. The van der Waals surface area contributed by atoms with Gasteiger partial charge in [0.15, 0.2) is 0 Å². The molecule has 0 bridgehead atoms. The van der Waals surface area contributed by atoms with Gasteiger partial charge in [-0.1, -0.05) is 112 Å². The van der Waals surface area contributed by atoms with E-state index in [1.165, 1.54) is 53.2 Å². The van der Waals surface area contributed by atoms with E-state index in [1.54, 1.807) is 0 Å². The number of hydrogen-bond donors (Lipinski definition) is 0. The van der Waals surface area contributed by atoms with Crippen LogP contribution in [0.2, 0.25) is 0 Å². The van der Waals surface area contributed by atoms with Crippen LogP contribution in [0.3, 0.4) is 0 Å². The van der Waals surface area contributed by atoms with E-state index < -0.39 is 20.4 Å². The predicted molar refractivity (Wildman–Crippen MR) is 270 cm³/mol. The SMILES string of the molecule is CC(C)(C)c1cc(Oc2ccc3c4ccccc4n(-c4cc(C(C)(C)C)c5[te]ccc5n4)c3c2)cc(N2CN(c3c(-c4ccccc4)cccc3-c3ccccc3)c3ccccc32)c1. The molecular formula is C58H50N4OTe. The van der Waals surface area contributed by atoms with Gasteiger partial charge in [0.1, 0.15) is 6.67 Å². The summed E-state index contributed by atoms with van der Waals surface area (Å²) < 4.78 is 13.2. The van der Waals surface area contributed by atoms with E-state index in [9.17, 15) is 0 Å². The van der Waals surface area contributed by atoms with Crippen molar-refractivity contribution in [1.82, 2.24) is 9.55 Å². The summed E-state index contributed by atoms with van der Waals surface area (Å²) in [6, 6.07) is 63.6. The van der Waals surface area contributed by atoms with Gasteiger partial charge in [-0.15, -0.1) is 0 Å². The van der Waals surface area contributed by atoms with Gasteiger partial charge in [-0.05, 0) is 34.7 Å². The number of aromatic nitrogens is 2. The number of hydrogen-bond acceptors (Lipinski definition) is 4. The average Bonchev–Trinajstić information content (AvgIpc) is 4.03. The van der Waals surface area contributed by atoms with Crippen LogP contribution in [-0.2, 0) is 10.8 Å². The van der Waals surface area contributed by atoms with Crippen molar-refractivity contribution < 1.29 is 4.74 Å². The van der Waals surface area contributed by atoms with E-state index in [-0.39, 0.29) is 10.8 Å². The number of benzene rings is 7. The molecule has 0 saturated carbocycles. The predicted octanol–water partition coefficient (Wildman–Crippen LogP) is 15.4. The first kappa shape index (κ1) is 40.2. The van der Waals surface area contributed by atoms with E-state index in [2.05, 4.69) is 236 Å². The Morgan fingerprint density at radius 3 is 1.86 bits per heavy atom. The van der Waals surface area contributed by atoms with E-state index in [4.69, 9.17) is 9.72 Å². The minimum absolute atomic E-state index is 0.00368. The second-order valence-electron chi connectivity index (χ2n) is 18.9. The van der Waals surface area contributed by atoms with Gasteiger partial charge in [-0.2, -0.15) is 0 Å². The molecule has 10 aromatic rings. The van der Waals surface area contributed by atoms with Crippen molar-refractivity contribution in [2.24, 2.45) is 0 Å². The topological polar surface area (TPSA) is 33.5 Å². The molecule has 1 aliphatic rings. The molecule has 0 atom stereocenters. The van der Waals surface area contributed by atoms with Crippen molar-refractivity contribution in [3.05, 3.63) is 191 Å². The maximum absolute atomic E-state index is 7.03. The Hall–Kier alpha value is -6.58. The number of ether oxygens (including phenoxy) is 1. The summed E-state index contributed by atoms with van der Waals surface area (Å²) in [4.78, 5) is 10.3. The zero-order valence-corrected chi connectivity index (χ0v) is 39.5. The Morgan fingerprint density at radius 1 is 0.531 bits per heavy atom. The standard InChI is InChI=1S/C58H50N4OTe/c1-57(2,3)40-32-41(60-37-61(52-27-16-15-26-51(52)60)55-44(38-18-9-7-10-19-38)23-17-24-45(55)39-20-11-8-12-21-39)34-43(33-40)63-42-28-29-47-46-22-13-14-25-50(46)62(53(47)35-42)54-36-48(58(4,5)6)56-49(59-54)30-31-64-56/h7-36H,37H2,1-6H3. The van der Waals surface area contributed by atoms with E-state index in [1.807, 2.05) is 0 Å². The van der Waals surface area contributed by atoms with Crippen LogP contribution in [0, 0.1) is 0 Å². The van der Waals surface area contributed by atoms with Gasteiger partial charge in [0.2, 0.25) is 0 Å². The van der Waals surface area contributed by atoms with Crippen LogP contribution in [-0.4, -0.2) is 36.7 Å². The summed E-state index contributed by atoms with van der Waals surface area (Å²) in [6.45, 7) is 14.4. The first-order valence-corrected chi connectivity index (χ1v) is 24.6. The average molecular weight is 947 g/mol. The van der Waals surface area contributed by atoms with Crippen molar-refractivity contribution in [3.8, 4) is 39.6 Å². The van der Waals surface area contributed by atoms with Crippen molar-refractivity contribution in [1.29, 1.82) is 0 Å². The molecule has 3 aromatic heterocycles. The van der Waals surface area contributed by atoms with E-state index >= 15 is 0 Å². The van der Waals surface area contributed by atoms with E-state index in [0.29, 0.717) is 6.67 Å². The molecule has 314 valence electrons. The second-order valence-corrected chi connectivity index (χ2v) is 21.5. The number of nitrogens with zero attached hydrogens (tertiary/aromatic N) is 4. The quantitative estimate of drug-likeness (QED) is 0.149. The molecule has 1 aliphatic heterocycles. The Balaban J connectivity index is 1.03. The maximum atomic E-state index is 7.03. The minimum Gasteiger partial charge on any atom is -0.321 e. The number of anilines is 4. The Morgan fingerprint density at radius 2 is 1.17 bits per heavy atom. The Labute approximate surface area is 385 Å². The molecule has 0 radical (unpaired) electrons. The molecule has 0 spiro atoms. The fourth-order valence-electron chi connectivity index (χ4n) is 9.40. The molecule has 11 rings (SSSR count). The summed E-state index contributed by atoms with van der Waals surface area (Å²) in [5.74, 6) is 2.53. The molecular weight excluding hydrogens is 896 g/mol. The van der Waals surface area contributed by atoms with Gasteiger partial charge in [0.05, 0.1) is 17.1 Å². The summed E-state index contributed by atoms with van der Waals surface area (Å²) in [5, 5.41) is 2.38. The van der Waals surface area contributed by atoms with Gasteiger partial charge in [0, 0.05) is 11.1 Å². The van der Waals surface area contributed by atoms with Crippen LogP contribution in [0.25, 0.3) is 58.8 Å². The molecule has 0 fully saturated rings. The fourth-order valence-corrected chi connectivity index (χ4v) is 12.4. The Bertz CT molecular complexity index is 3310. The van der Waals surface area contributed by atoms with Crippen LogP contribution < -0.4 is 14.5 Å². The number of para-hydroxylation sites is 4. The van der Waals surface area contributed by atoms with E-state index in [0.717, 1.165) is 50.9 Å². The van der Waals surface area contributed by atoms with Gasteiger partial charge >= 0.3 is 197 Å². The zero-order chi connectivity index (χ0) is 43.7. The van der Waals surface area contributed by atoms with Gasteiger partial charge in [-0.25, -0.2) is 0 Å². The summed E-state index contributed by atoms with van der Waals surface area (Å²) in [7, 11) is 0. The van der Waals surface area contributed by atoms with Crippen LogP contribution >= 0.6 is 0 Å². The normalized spacial score (nSPS) is 13.0. The summed E-state index contributed by atoms with van der Waals surface area (Å²) in [6.07, 6.45) is 0. The van der Waals surface area contributed by atoms with Crippen LogP contribution in [0.1, 0.15) is 52.7 Å². The fraction of sp³-hybridized carbons (Fsp3) is 0.155. The Kier molecular flexibility index (Phi) is 9.80. The van der Waals surface area contributed by atoms with Gasteiger partial charge < -0.3 is 9.80 Å². The molecule has 0 saturated heterocycles. The van der Waals surface area contributed by atoms with Gasteiger partial charge in [0.25, 0.3) is 0 Å². The molecule has 5 nitrogen and oxygen atoms in total. The monoisotopic (exact) mass is 948 g/mol. The summed E-state index contributed by atoms with van der Waals surface area (Å²) >= 11 is -0.393. The smallest absolute Gasteiger partial charge is 0.321 e. The number of rotatable bonds is 7. The molecule has 6 heteroatoms. The molecule has 64 heavy (non-hydrogen) atoms. The first-order valence-electron chi connectivity index (χ1n) is 22.1. The van der Waals surface area contributed by atoms with Crippen molar-refractivity contribution in [3.63, 3.8) is 0 Å². The van der Waals surface area contributed by atoms with Crippen LogP contribution in [0.4, 0.5) is 22.7 Å². The number of pyridine rings is 1. The molecule has 0 N–H and O–H groups in total. The molecule has 0 aliphatic carbocycles. The molecule has 7 aromatic carbocycles. The first-order chi connectivity index (χ1) is 31.0. The van der Waals surface area contributed by atoms with Crippen molar-refractivity contribution in [2.45, 2.75) is 52.4 Å². The molecule has 4 heterocycles. The van der Waals surface area contributed by atoms with Crippen molar-refractivity contribution in [2.75, 3.05) is 16.5 Å². The van der Waals surface area contributed by atoms with Gasteiger partial charge in [-0.3, -0.25) is 0 Å². The van der Waals surface area contributed by atoms with Crippen LogP contribution in [0.5, 0.6) is 11.5 Å². The zero-order valence-electron chi connectivity index (χ0n) is 37.1. The third-order valence-corrected chi connectivity index (χ3v) is 15.3. The minimum atomic E-state index is -0.393. The molecule has 0 unspecified atom stereocenters. The second kappa shape index (κ2) is 15.6. The number of fused-ring (bicyclic) bond motifs is 5. The third-order valence-electron chi connectivity index (χ3n) is 12.6. The van der Waals surface area contributed by atoms with Crippen molar-refractivity contribution >= 4 is 73.9 Å². The van der Waals surface area contributed by atoms with Crippen LogP contribution in [0.15, 0.2) is 180 Å². The summed E-state index contributed by atoms with van der Waals surface area (Å²) in [5.41, 5.74) is 15.2. The molecule has 0 amide bonds.